The first-order valence-electron chi connectivity index (χ1n) is 6.35. The molecule has 2 N–H and O–H groups in total. The van der Waals surface area contributed by atoms with Crippen LogP contribution in [-0.4, -0.2) is 7.11 Å². The maximum atomic E-state index is 13.6. The molecule has 0 spiro atoms. The molecular weight excluding hydrogens is 321 g/mol. The van der Waals surface area contributed by atoms with Crippen molar-refractivity contribution in [3.05, 3.63) is 63.4 Å². The molecule has 0 bridgehead atoms. The van der Waals surface area contributed by atoms with Gasteiger partial charge in [-0.25, -0.2) is 4.39 Å². The molecule has 1 atom stereocenters. The predicted octanol–water partition coefficient (Wildman–Crippen LogP) is 4.15. The van der Waals surface area contributed by atoms with E-state index in [1.54, 1.807) is 20.1 Å². The Hall–Kier alpha value is -1.39. The van der Waals surface area contributed by atoms with E-state index >= 15 is 0 Å². The van der Waals surface area contributed by atoms with Crippen molar-refractivity contribution in [3.8, 4) is 5.75 Å². The number of aryl methyl sites for hydroxylation is 1. The van der Waals surface area contributed by atoms with Crippen molar-refractivity contribution < 1.29 is 9.13 Å². The average molecular weight is 338 g/mol. The van der Waals surface area contributed by atoms with Gasteiger partial charge in [0.05, 0.1) is 11.6 Å². The number of rotatable bonds is 4. The summed E-state index contributed by atoms with van der Waals surface area (Å²) in [4.78, 5) is 0. The highest BCUT2D eigenvalue weighted by Crippen LogP contribution is 2.27. The van der Waals surface area contributed by atoms with Crippen LogP contribution in [0, 0.1) is 12.7 Å². The van der Waals surface area contributed by atoms with Gasteiger partial charge >= 0.3 is 0 Å². The molecule has 4 heteroatoms. The normalized spacial score (nSPS) is 12.2. The van der Waals surface area contributed by atoms with Gasteiger partial charge in [-0.3, -0.25) is 0 Å². The topological polar surface area (TPSA) is 35.2 Å². The van der Waals surface area contributed by atoms with Gasteiger partial charge in [0, 0.05) is 6.04 Å². The largest absolute Gasteiger partial charge is 0.496 e. The molecule has 0 heterocycles. The second-order valence-electron chi connectivity index (χ2n) is 4.79. The maximum absolute atomic E-state index is 13.6. The molecule has 106 valence electrons. The molecule has 0 aliphatic heterocycles. The van der Waals surface area contributed by atoms with Gasteiger partial charge < -0.3 is 10.5 Å². The van der Waals surface area contributed by atoms with Gasteiger partial charge in [-0.1, -0.05) is 18.2 Å². The lowest BCUT2D eigenvalue weighted by Crippen LogP contribution is -2.13. The van der Waals surface area contributed by atoms with E-state index in [1.165, 1.54) is 6.07 Å². The fraction of sp³-hybridized carbons (Fsp3) is 0.250. The minimum absolute atomic E-state index is 0.214. The summed E-state index contributed by atoms with van der Waals surface area (Å²) < 4.78 is 19.6. The average Bonchev–Trinajstić information content (AvgIpc) is 2.42. The number of hydrogen-bond acceptors (Lipinski definition) is 2. The number of methoxy groups -OCH3 is 1. The summed E-state index contributed by atoms with van der Waals surface area (Å²) in [6.45, 7) is 1.74. The van der Waals surface area contributed by atoms with E-state index in [-0.39, 0.29) is 11.9 Å². The Bertz CT molecular complexity index is 615. The molecular formula is C16H17BrFNO. The number of halogens is 2. The van der Waals surface area contributed by atoms with Gasteiger partial charge in [-0.2, -0.15) is 0 Å². The number of nitrogens with two attached hydrogens (primary N) is 1. The second-order valence-corrected chi connectivity index (χ2v) is 5.64. The van der Waals surface area contributed by atoms with E-state index in [0.717, 1.165) is 21.3 Å². The third-order valence-electron chi connectivity index (χ3n) is 3.30. The van der Waals surface area contributed by atoms with Crippen molar-refractivity contribution in [1.29, 1.82) is 0 Å². The summed E-state index contributed by atoms with van der Waals surface area (Å²) in [6, 6.07) is 10.7. The van der Waals surface area contributed by atoms with Crippen LogP contribution in [0.2, 0.25) is 0 Å². The lowest BCUT2D eigenvalue weighted by molar-refractivity contribution is 0.412. The number of ether oxygens (including phenoxy) is 1. The lowest BCUT2D eigenvalue weighted by Gasteiger charge is -2.14. The fourth-order valence-corrected chi connectivity index (χ4v) is 2.64. The molecule has 0 fully saturated rings. The summed E-state index contributed by atoms with van der Waals surface area (Å²) in [5, 5.41) is 0. The molecule has 0 aromatic heterocycles. The lowest BCUT2D eigenvalue weighted by atomic mass is 9.98. The first-order chi connectivity index (χ1) is 9.51. The van der Waals surface area contributed by atoms with Crippen LogP contribution >= 0.6 is 15.9 Å². The molecule has 2 nitrogen and oxygen atoms in total. The summed E-state index contributed by atoms with van der Waals surface area (Å²) in [5.74, 6) is 0.567. The molecule has 0 amide bonds. The van der Waals surface area contributed by atoms with Gasteiger partial charge in [0.25, 0.3) is 0 Å². The fourth-order valence-electron chi connectivity index (χ4n) is 2.05. The zero-order valence-corrected chi connectivity index (χ0v) is 13.1. The van der Waals surface area contributed by atoms with Gasteiger partial charge in [0.2, 0.25) is 0 Å². The van der Waals surface area contributed by atoms with Gasteiger partial charge in [-0.15, -0.1) is 0 Å². The summed E-state index contributed by atoms with van der Waals surface area (Å²) in [7, 11) is 1.63. The summed E-state index contributed by atoms with van der Waals surface area (Å²) in [6.07, 6.45) is 0.644. The molecule has 1 unspecified atom stereocenters. The molecule has 0 aliphatic carbocycles. The van der Waals surface area contributed by atoms with Crippen molar-refractivity contribution in [2.45, 2.75) is 19.4 Å². The Morgan fingerprint density at radius 2 is 2.00 bits per heavy atom. The molecule has 0 aliphatic rings. The standard InChI is InChI=1S/C16H17BrFNO/c1-10-3-5-12(9-14(10)18)15(19)8-11-4-6-16(20-2)13(17)7-11/h3-7,9,15H,8,19H2,1-2H3. The maximum Gasteiger partial charge on any atom is 0.133 e. The van der Waals surface area contributed by atoms with E-state index in [0.29, 0.717) is 12.0 Å². The van der Waals surface area contributed by atoms with E-state index in [9.17, 15) is 4.39 Å². The van der Waals surface area contributed by atoms with E-state index < -0.39 is 0 Å². The van der Waals surface area contributed by atoms with Crippen molar-refractivity contribution in [3.63, 3.8) is 0 Å². The van der Waals surface area contributed by atoms with E-state index in [4.69, 9.17) is 10.5 Å². The smallest absolute Gasteiger partial charge is 0.133 e. The Balaban J connectivity index is 2.16. The zero-order valence-electron chi connectivity index (χ0n) is 11.5. The molecule has 0 saturated carbocycles. The molecule has 0 saturated heterocycles. The highest BCUT2D eigenvalue weighted by atomic mass is 79.9. The minimum atomic E-state index is -0.231. The van der Waals surface area contributed by atoms with Crippen molar-refractivity contribution in [2.75, 3.05) is 7.11 Å². The SMILES string of the molecule is COc1ccc(CC(N)c2ccc(C)c(F)c2)cc1Br. The molecule has 2 aromatic carbocycles. The minimum Gasteiger partial charge on any atom is -0.496 e. The Morgan fingerprint density at radius 3 is 2.60 bits per heavy atom. The highest BCUT2D eigenvalue weighted by molar-refractivity contribution is 9.10. The Labute approximate surface area is 126 Å². The molecule has 2 aromatic rings. The number of hydrogen-bond donors (Lipinski definition) is 1. The van der Waals surface area contributed by atoms with Crippen LogP contribution in [0.4, 0.5) is 4.39 Å². The van der Waals surface area contributed by atoms with Crippen LogP contribution in [0.3, 0.4) is 0 Å². The van der Waals surface area contributed by atoms with Crippen LogP contribution < -0.4 is 10.5 Å². The summed E-state index contributed by atoms with van der Waals surface area (Å²) >= 11 is 3.45. The van der Waals surface area contributed by atoms with Crippen LogP contribution in [0.25, 0.3) is 0 Å². The van der Waals surface area contributed by atoms with Crippen molar-refractivity contribution in [1.82, 2.24) is 0 Å². The van der Waals surface area contributed by atoms with Gasteiger partial charge in [0.15, 0.2) is 0 Å². The number of benzene rings is 2. The van der Waals surface area contributed by atoms with Crippen LogP contribution in [0.15, 0.2) is 40.9 Å². The highest BCUT2D eigenvalue weighted by Gasteiger charge is 2.10. The third-order valence-corrected chi connectivity index (χ3v) is 3.92. The molecule has 20 heavy (non-hydrogen) atoms. The quantitative estimate of drug-likeness (QED) is 0.909. The van der Waals surface area contributed by atoms with Crippen LogP contribution in [0.5, 0.6) is 5.75 Å². The monoisotopic (exact) mass is 337 g/mol. The van der Waals surface area contributed by atoms with Crippen LogP contribution in [-0.2, 0) is 6.42 Å². The van der Waals surface area contributed by atoms with Crippen molar-refractivity contribution in [2.24, 2.45) is 5.73 Å². The molecule has 2 rings (SSSR count). The van der Waals surface area contributed by atoms with E-state index in [2.05, 4.69) is 15.9 Å². The van der Waals surface area contributed by atoms with Crippen molar-refractivity contribution >= 4 is 15.9 Å². The first-order valence-corrected chi connectivity index (χ1v) is 7.14. The Morgan fingerprint density at radius 1 is 1.25 bits per heavy atom. The molecule has 0 radical (unpaired) electrons. The zero-order chi connectivity index (χ0) is 14.7. The van der Waals surface area contributed by atoms with Gasteiger partial charge in [0.1, 0.15) is 11.6 Å². The van der Waals surface area contributed by atoms with Crippen LogP contribution in [0.1, 0.15) is 22.7 Å². The first kappa shape index (κ1) is 15.0. The van der Waals surface area contributed by atoms with E-state index in [1.807, 2.05) is 24.3 Å². The predicted molar refractivity (Wildman–Crippen MR) is 82.5 cm³/mol. The Kier molecular flexibility index (Phi) is 4.78. The third kappa shape index (κ3) is 3.38. The van der Waals surface area contributed by atoms with Gasteiger partial charge in [-0.05, 0) is 64.2 Å². The summed E-state index contributed by atoms with van der Waals surface area (Å²) in [5.41, 5.74) is 8.67. The second kappa shape index (κ2) is 6.37.